The fourth-order valence-corrected chi connectivity index (χ4v) is 1.92. The van der Waals surface area contributed by atoms with Gasteiger partial charge in [-0.25, -0.2) is 6.57 Å². The number of fused-ring (bicyclic) bond motifs is 1. The number of nitrogens with zero attached hydrogens (tertiary/aromatic N) is 1. The molecule has 74 valence electrons. The molecule has 0 fully saturated rings. The van der Waals surface area contributed by atoms with Gasteiger partial charge in [0.15, 0.2) is 0 Å². The van der Waals surface area contributed by atoms with Gasteiger partial charge in [-0.1, -0.05) is 49.4 Å². The first-order chi connectivity index (χ1) is 7.36. The normalized spacial score (nSPS) is 12.3. The predicted octanol–water partition coefficient (Wildman–Crippen LogP) is 4.21. The zero-order chi connectivity index (χ0) is 10.7. The van der Waals surface area contributed by atoms with E-state index in [4.69, 9.17) is 6.57 Å². The molecule has 0 aliphatic rings. The Morgan fingerprint density at radius 3 is 2.60 bits per heavy atom. The van der Waals surface area contributed by atoms with Crippen molar-refractivity contribution in [1.29, 1.82) is 0 Å². The van der Waals surface area contributed by atoms with E-state index in [1.165, 1.54) is 10.8 Å². The van der Waals surface area contributed by atoms with Crippen LogP contribution in [0.25, 0.3) is 15.6 Å². The van der Waals surface area contributed by atoms with Crippen LogP contribution in [0.4, 0.5) is 0 Å². The Balaban J connectivity index is 2.66. The highest BCUT2D eigenvalue weighted by Gasteiger charge is 2.15. The SMILES string of the molecule is [C-]#[N+]C(CC)c1cccc2ccccc12. The third kappa shape index (κ3) is 1.71. The molecule has 0 saturated heterocycles. The van der Waals surface area contributed by atoms with E-state index in [0.717, 1.165) is 12.0 Å². The average Bonchev–Trinajstić information content (AvgIpc) is 2.31. The number of hydrogen-bond acceptors (Lipinski definition) is 0. The van der Waals surface area contributed by atoms with Crippen molar-refractivity contribution < 1.29 is 0 Å². The number of benzene rings is 2. The lowest BCUT2D eigenvalue weighted by Crippen LogP contribution is -1.92. The molecule has 2 aromatic rings. The van der Waals surface area contributed by atoms with Gasteiger partial charge < -0.3 is 4.85 Å². The van der Waals surface area contributed by atoms with Crippen LogP contribution in [0.3, 0.4) is 0 Å². The molecule has 0 aromatic heterocycles. The lowest BCUT2D eigenvalue weighted by atomic mass is 9.98. The third-order valence-corrected chi connectivity index (χ3v) is 2.72. The van der Waals surface area contributed by atoms with Crippen molar-refractivity contribution in [3.8, 4) is 0 Å². The van der Waals surface area contributed by atoms with Crippen LogP contribution in [0.1, 0.15) is 24.9 Å². The molecule has 0 aliphatic carbocycles. The lowest BCUT2D eigenvalue weighted by molar-refractivity contribution is 0.807. The Kier molecular flexibility index (Phi) is 2.69. The van der Waals surface area contributed by atoms with E-state index in [9.17, 15) is 0 Å². The topological polar surface area (TPSA) is 4.36 Å². The van der Waals surface area contributed by atoms with Gasteiger partial charge in [-0.3, -0.25) is 0 Å². The van der Waals surface area contributed by atoms with E-state index >= 15 is 0 Å². The van der Waals surface area contributed by atoms with Crippen LogP contribution in [0.2, 0.25) is 0 Å². The highest BCUT2D eigenvalue weighted by atomic mass is 14.7. The molecule has 0 bridgehead atoms. The van der Waals surface area contributed by atoms with Crippen molar-refractivity contribution in [3.63, 3.8) is 0 Å². The summed E-state index contributed by atoms with van der Waals surface area (Å²) in [5.41, 5.74) is 1.16. The lowest BCUT2D eigenvalue weighted by Gasteiger charge is -2.06. The van der Waals surface area contributed by atoms with Gasteiger partial charge in [-0.2, -0.15) is 0 Å². The maximum atomic E-state index is 7.20. The monoisotopic (exact) mass is 195 g/mol. The van der Waals surface area contributed by atoms with Crippen LogP contribution >= 0.6 is 0 Å². The standard InChI is InChI=1S/C14H13N/c1-3-14(15-2)13-10-6-8-11-7-4-5-9-12(11)13/h4-10,14H,3H2,1H3. The molecule has 0 heterocycles. The first-order valence-electron chi connectivity index (χ1n) is 5.21. The first kappa shape index (κ1) is 9.73. The molecule has 0 spiro atoms. The zero-order valence-electron chi connectivity index (χ0n) is 8.77. The molecule has 1 unspecified atom stereocenters. The van der Waals surface area contributed by atoms with Gasteiger partial charge in [0.25, 0.3) is 0 Å². The highest BCUT2D eigenvalue weighted by Crippen LogP contribution is 2.28. The van der Waals surface area contributed by atoms with E-state index in [1.807, 2.05) is 18.2 Å². The molecule has 1 nitrogen and oxygen atoms in total. The van der Waals surface area contributed by atoms with E-state index in [2.05, 4.69) is 36.0 Å². The molecule has 0 radical (unpaired) electrons. The summed E-state index contributed by atoms with van der Waals surface area (Å²) in [4.78, 5) is 3.68. The minimum absolute atomic E-state index is 0.00361. The Bertz CT molecular complexity index is 503. The molecule has 0 aliphatic heterocycles. The van der Waals surface area contributed by atoms with Gasteiger partial charge in [-0.15, -0.1) is 0 Å². The summed E-state index contributed by atoms with van der Waals surface area (Å²) >= 11 is 0. The van der Waals surface area contributed by atoms with E-state index in [-0.39, 0.29) is 6.04 Å². The van der Waals surface area contributed by atoms with Gasteiger partial charge in [0.2, 0.25) is 6.04 Å². The Labute approximate surface area is 90.2 Å². The Morgan fingerprint density at radius 1 is 1.13 bits per heavy atom. The first-order valence-corrected chi connectivity index (χ1v) is 5.21. The van der Waals surface area contributed by atoms with Crippen LogP contribution in [0.15, 0.2) is 42.5 Å². The van der Waals surface area contributed by atoms with Crippen LogP contribution in [-0.2, 0) is 0 Å². The second-order valence-electron chi connectivity index (χ2n) is 3.62. The highest BCUT2D eigenvalue weighted by molar-refractivity contribution is 5.86. The molecule has 2 rings (SSSR count). The summed E-state index contributed by atoms with van der Waals surface area (Å²) in [5, 5.41) is 2.43. The molecule has 1 heteroatoms. The molecule has 0 N–H and O–H groups in total. The molecule has 0 saturated carbocycles. The maximum Gasteiger partial charge on any atom is 0.249 e. The van der Waals surface area contributed by atoms with Gasteiger partial charge in [-0.05, 0) is 10.8 Å². The zero-order valence-corrected chi connectivity index (χ0v) is 8.77. The second kappa shape index (κ2) is 4.14. The van der Waals surface area contributed by atoms with Crippen LogP contribution in [0, 0.1) is 6.57 Å². The minimum atomic E-state index is -0.00361. The Hall–Kier alpha value is -1.81. The summed E-state index contributed by atoms with van der Waals surface area (Å²) in [6, 6.07) is 14.4. The van der Waals surface area contributed by atoms with E-state index < -0.39 is 0 Å². The summed E-state index contributed by atoms with van der Waals surface area (Å²) in [6.45, 7) is 9.26. The van der Waals surface area contributed by atoms with Crippen molar-refractivity contribution in [2.45, 2.75) is 19.4 Å². The molecule has 2 aromatic carbocycles. The fraction of sp³-hybridized carbons (Fsp3) is 0.214. The van der Waals surface area contributed by atoms with Gasteiger partial charge in [0, 0.05) is 12.0 Å². The quantitative estimate of drug-likeness (QED) is 0.632. The largest absolute Gasteiger partial charge is 0.308 e. The van der Waals surface area contributed by atoms with Crippen molar-refractivity contribution in [1.82, 2.24) is 0 Å². The predicted molar refractivity (Wildman–Crippen MR) is 63.6 cm³/mol. The number of hydrogen-bond donors (Lipinski definition) is 0. The molecular weight excluding hydrogens is 182 g/mol. The van der Waals surface area contributed by atoms with Crippen LogP contribution < -0.4 is 0 Å². The van der Waals surface area contributed by atoms with E-state index in [1.54, 1.807) is 0 Å². The molecule has 15 heavy (non-hydrogen) atoms. The maximum absolute atomic E-state index is 7.20. The van der Waals surface area contributed by atoms with Gasteiger partial charge in [0.05, 0.1) is 0 Å². The van der Waals surface area contributed by atoms with E-state index in [0.29, 0.717) is 0 Å². The summed E-state index contributed by atoms with van der Waals surface area (Å²) < 4.78 is 0. The van der Waals surface area contributed by atoms with Gasteiger partial charge >= 0.3 is 0 Å². The molecule has 0 amide bonds. The third-order valence-electron chi connectivity index (χ3n) is 2.72. The van der Waals surface area contributed by atoms with Crippen molar-refractivity contribution in [2.24, 2.45) is 0 Å². The molecule has 1 atom stereocenters. The summed E-state index contributed by atoms with van der Waals surface area (Å²) in [5.74, 6) is 0. The van der Waals surface area contributed by atoms with Crippen molar-refractivity contribution >= 4 is 10.8 Å². The smallest absolute Gasteiger partial charge is 0.249 e. The second-order valence-corrected chi connectivity index (χ2v) is 3.62. The fourth-order valence-electron chi connectivity index (χ4n) is 1.92. The number of rotatable bonds is 2. The summed E-state index contributed by atoms with van der Waals surface area (Å²) in [6.07, 6.45) is 0.873. The average molecular weight is 195 g/mol. The Morgan fingerprint density at radius 2 is 1.87 bits per heavy atom. The van der Waals surface area contributed by atoms with Crippen molar-refractivity contribution in [3.05, 3.63) is 59.4 Å². The van der Waals surface area contributed by atoms with Crippen molar-refractivity contribution in [2.75, 3.05) is 0 Å². The molecular formula is C14H13N. The van der Waals surface area contributed by atoms with Crippen LogP contribution in [-0.4, -0.2) is 0 Å². The van der Waals surface area contributed by atoms with Gasteiger partial charge in [0.1, 0.15) is 0 Å². The summed E-state index contributed by atoms with van der Waals surface area (Å²) in [7, 11) is 0. The minimum Gasteiger partial charge on any atom is -0.308 e. The van der Waals surface area contributed by atoms with Crippen LogP contribution in [0.5, 0.6) is 0 Å².